The van der Waals surface area contributed by atoms with Crippen LogP contribution in [0.15, 0.2) is 39.8 Å². The van der Waals surface area contributed by atoms with Crippen molar-refractivity contribution in [1.29, 1.82) is 0 Å². The molecule has 1 aromatic rings. The second kappa shape index (κ2) is 4.98. The molecule has 0 aliphatic carbocycles. The Morgan fingerprint density at radius 2 is 2.20 bits per heavy atom. The van der Waals surface area contributed by atoms with Gasteiger partial charge in [0, 0.05) is 6.07 Å². The van der Waals surface area contributed by atoms with Gasteiger partial charge in [0.05, 0.1) is 18.2 Å². The molecule has 0 saturated carbocycles. The monoisotopic (exact) mass is 302 g/mol. The van der Waals surface area contributed by atoms with Gasteiger partial charge in [-0.1, -0.05) is 0 Å². The van der Waals surface area contributed by atoms with E-state index in [0.29, 0.717) is 0 Å². The number of methoxy groups -OCH3 is 1. The first-order valence-corrected chi connectivity index (χ1v) is 6.68. The lowest BCUT2D eigenvalue weighted by molar-refractivity contribution is 0.409. The van der Waals surface area contributed by atoms with E-state index in [4.69, 9.17) is 15.0 Å². The number of anilines is 1. The van der Waals surface area contributed by atoms with Crippen molar-refractivity contribution >= 4 is 22.0 Å². The molecular weight excluding hydrogens is 291 g/mol. The standard InChI is InChI=1S/C10H11FN4O4S/c1-19-9-4-6(20(16,17)18)2-3-8(9)15-13-5-7(12)10(11)14-15/h2-5,14H,12H2,1H3,(H,16,17,18). The van der Waals surface area contributed by atoms with Gasteiger partial charge in [0.15, 0.2) is 0 Å². The molecule has 0 radical (unpaired) electrons. The summed E-state index contributed by atoms with van der Waals surface area (Å²) in [6.45, 7) is 0. The van der Waals surface area contributed by atoms with Crippen LogP contribution in [0.5, 0.6) is 5.75 Å². The van der Waals surface area contributed by atoms with E-state index in [1.807, 2.05) is 0 Å². The van der Waals surface area contributed by atoms with Crippen molar-refractivity contribution in [2.75, 3.05) is 12.2 Å². The van der Waals surface area contributed by atoms with Gasteiger partial charge in [0.2, 0.25) is 5.95 Å². The molecule has 20 heavy (non-hydrogen) atoms. The molecule has 0 fully saturated rings. The summed E-state index contributed by atoms with van der Waals surface area (Å²) in [5.74, 6) is -0.737. The van der Waals surface area contributed by atoms with Crippen LogP contribution < -0.4 is 21.0 Å². The molecule has 1 aliphatic heterocycles. The summed E-state index contributed by atoms with van der Waals surface area (Å²) in [5, 5.41) is 4.83. The molecule has 0 aromatic heterocycles. The lowest BCUT2D eigenvalue weighted by Crippen LogP contribution is -2.37. The largest absolute Gasteiger partial charge is 0.494 e. The molecule has 0 unspecified atom stereocenters. The Morgan fingerprint density at radius 3 is 2.75 bits per heavy atom. The van der Waals surface area contributed by atoms with E-state index in [1.165, 1.54) is 13.2 Å². The third-order valence-electron chi connectivity index (χ3n) is 2.45. The summed E-state index contributed by atoms with van der Waals surface area (Å²) in [4.78, 5) is -0.352. The molecule has 0 bridgehead atoms. The number of hydrogen-bond acceptors (Lipinski definition) is 7. The Labute approximate surface area is 114 Å². The van der Waals surface area contributed by atoms with Crippen LogP contribution in [0.2, 0.25) is 0 Å². The van der Waals surface area contributed by atoms with Crippen molar-refractivity contribution in [2.24, 2.45) is 10.8 Å². The van der Waals surface area contributed by atoms with Crippen LogP contribution in [-0.4, -0.2) is 26.3 Å². The van der Waals surface area contributed by atoms with E-state index >= 15 is 0 Å². The maximum atomic E-state index is 13.4. The minimum Gasteiger partial charge on any atom is -0.494 e. The summed E-state index contributed by atoms with van der Waals surface area (Å²) in [7, 11) is -3.07. The first-order valence-electron chi connectivity index (χ1n) is 5.24. The number of nitrogens with one attached hydrogen (secondary N) is 1. The van der Waals surface area contributed by atoms with Crippen LogP contribution in [0.4, 0.5) is 10.1 Å². The number of allylic oxidation sites excluding steroid dienone is 1. The number of hydrazone groups is 1. The molecule has 8 nitrogen and oxygen atoms in total. The molecule has 10 heteroatoms. The van der Waals surface area contributed by atoms with E-state index in [-0.39, 0.29) is 22.0 Å². The lowest BCUT2D eigenvalue weighted by Gasteiger charge is -2.24. The van der Waals surface area contributed by atoms with Gasteiger partial charge < -0.3 is 10.5 Å². The molecule has 108 valence electrons. The molecule has 0 spiro atoms. The van der Waals surface area contributed by atoms with E-state index in [0.717, 1.165) is 23.5 Å². The SMILES string of the molecule is COc1cc(S(=O)(=O)O)ccc1N1N=CC(N)=C(F)N1. The van der Waals surface area contributed by atoms with E-state index in [1.54, 1.807) is 0 Å². The van der Waals surface area contributed by atoms with Crippen LogP contribution in [-0.2, 0) is 10.1 Å². The molecule has 4 N–H and O–H groups in total. The summed E-state index contributed by atoms with van der Waals surface area (Å²) in [6.07, 6.45) is 1.09. The third kappa shape index (κ3) is 2.65. The predicted octanol–water partition coefficient (Wildman–Crippen LogP) is 0.350. The zero-order chi connectivity index (χ0) is 14.9. The Kier molecular flexibility index (Phi) is 3.51. The number of halogens is 1. The van der Waals surface area contributed by atoms with E-state index in [2.05, 4.69) is 10.5 Å². The summed E-state index contributed by atoms with van der Waals surface area (Å²) < 4.78 is 49.4. The average Bonchev–Trinajstić information content (AvgIpc) is 2.40. The van der Waals surface area contributed by atoms with Gasteiger partial charge >= 0.3 is 0 Å². The van der Waals surface area contributed by atoms with Gasteiger partial charge in [-0.15, -0.1) is 0 Å². The first kappa shape index (κ1) is 14.1. The molecular formula is C10H11FN4O4S. The summed E-state index contributed by atoms with van der Waals surface area (Å²) >= 11 is 0. The molecule has 1 aliphatic rings. The zero-order valence-corrected chi connectivity index (χ0v) is 11.1. The number of nitrogens with two attached hydrogens (primary N) is 1. The van der Waals surface area contributed by atoms with Crippen molar-refractivity contribution in [3.63, 3.8) is 0 Å². The zero-order valence-electron chi connectivity index (χ0n) is 10.2. The number of ether oxygens (including phenoxy) is 1. The lowest BCUT2D eigenvalue weighted by atomic mass is 10.3. The Hall–Kier alpha value is -2.33. The third-order valence-corrected chi connectivity index (χ3v) is 3.30. The number of rotatable bonds is 3. The highest BCUT2D eigenvalue weighted by Crippen LogP contribution is 2.31. The first-order chi connectivity index (χ1) is 9.32. The Bertz CT molecular complexity index is 701. The fourth-order valence-corrected chi connectivity index (χ4v) is 1.97. The quantitative estimate of drug-likeness (QED) is 0.544. The molecule has 1 heterocycles. The highest BCUT2D eigenvalue weighted by atomic mass is 32.2. The smallest absolute Gasteiger partial charge is 0.294 e. The van der Waals surface area contributed by atoms with Crippen LogP contribution >= 0.6 is 0 Å². The second-order valence-electron chi connectivity index (χ2n) is 3.75. The Balaban J connectivity index is 2.42. The molecule has 0 saturated heterocycles. The van der Waals surface area contributed by atoms with Crippen molar-refractivity contribution in [2.45, 2.75) is 4.90 Å². The molecule has 0 amide bonds. The minimum absolute atomic E-state index is 0.0676. The predicted molar refractivity (Wildman–Crippen MR) is 69.2 cm³/mol. The van der Waals surface area contributed by atoms with Crippen LogP contribution in [0.25, 0.3) is 0 Å². The fraction of sp³-hybridized carbons (Fsp3) is 0.100. The maximum Gasteiger partial charge on any atom is 0.294 e. The van der Waals surface area contributed by atoms with E-state index < -0.39 is 16.1 Å². The molecule has 1 aromatic carbocycles. The van der Waals surface area contributed by atoms with Crippen molar-refractivity contribution < 1.29 is 22.1 Å². The highest BCUT2D eigenvalue weighted by Gasteiger charge is 2.20. The second-order valence-corrected chi connectivity index (χ2v) is 5.17. The Morgan fingerprint density at radius 1 is 1.50 bits per heavy atom. The number of benzene rings is 1. The normalized spacial score (nSPS) is 15.2. The van der Waals surface area contributed by atoms with Crippen LogP contribution in [0.3, 0.4) is 0 Å². The number of hydrazine groups is 1. The molecule has 0 atom stereocenters. The molecule has 2 rings (SSSR count). The number of nitrogens with zero attached hydrogens (tertiary/aromatic N) is 2. The van der Waals surface area contributed by atoms with Crippen molar-refractivity contribution in [3.05, 3.63) is 29.8 Å². The fourth-order valence-electron chi connectivity index (χ4n) is 1.48. The van der Waals surface area contributed by atoms with Gasteiger partial charge in [-0.2, -0.15) is 23.0 Å². The van der Waals surface area contributed by atoms with Crippen molar-refractivity contribution in [3.8, 4) is 5.75 Å². The van der Waals surface area contributed by atoms with Gasteiger partial charge in [0.25, 0.3) is 10.1 Å². The number of hydrogen-bond donors (Lipinski definition) is 3. The van der Waals surface area contributed by atoms with Crippen molar-refractivity contribution in [1.82, 2.24) is 5.43 Å². The van der Waals surface area contributed by atoms with E-state index in [9.17, 15) is 12.8 Å². The van der Waals surface area contributed by atoms with Crippen LogP contribution in [0, 0.1) is 0 Å². The summed E-state index contributed by atoms with van der Waals surface area (Å²) in [5.41, 5.74) is 7.60. The van der Waals surface area contributed by atoms with Gasteiger partial charge in [-0.05, 0) is 12.1 Å². The van der Waals surface area contributed by atoms with Gasteiger partial charge in [-0.25, -0.2) is 0 Å². The minimum atomic E-state index is -4.36. The van der Waals surface area contributed by atoms with Gasteiger partial charge in [0.1, 0.15) is 17.1 Å². The van der Waals surface area contributed by atoms with Gasteiger partial charge in [-0.3, -0.25) is 9.98 Å². The summed E-state index contributed by atoms with van der Waals surface area (Å²) in [6, 6.07) is 3.51. The van der Waals surface area contributed by atoms with Crippen LogP contribution in [0.1, 0.15) is 0 Å². The maximum absolute atomic E-state index is 13.4. The topological polar surface area (TPSA) is 117 Å². The highest BCUT2D eigenvalue weighted by molar-refractivity contribution is 7.85. The average molecular weight is 302 g/mol.